The maximum absolute atomic E-state index is 11.2. The third kappa shape index (κ3) is 2.87. The van der Waals surface area contributed by atoms with Crippen LogP contribution < -0.4 is 4.90 Å². The monoisotopic (exact) mass is 381 g/mol. The molecule has 0 aliphatic carbocycles. The Hall–Kier alpha value is -2.69. The van der Waals surface area contributed by atoms with Crippen molar-refractivity contribution < 1.29 is 9.90 Å². The minimum absolute atomic E-state index is 0.239. The highest BCUT2D eigenvalue weighted by atomic mass is 32.1. The van der Waals surface area contributed by atoms with Crippen molar-refractivity contribution in [1.29, 1.82) is 5.26 Å². The number of fused-ring (bicyclic) bond motifs is 1. The van der Waals surface area contributed by atoms with Crippen LogP contribution in [0.25, 0.3) is 10.6 Å². The molecule has 26 heavy (non-hydrogen) atoms. The highest BCUT2D eigenvalue weighted by Gasteiger charge is 2.21. The molecular formula is C19H15N3O2S2. The van der Waals surface area contributed by atoms with Gasteiger partial charge in [0.15, 0.2) is 0 Å². The van der Waals surface area contributed by atoms with Gasteiger partial charge in [0.05, 0.1) is 16.9 Å². The molecule has 1 aliphatic heterocycles. The Morgan fingerprint density at radius 3 is 2.96 bits per heavy atom. The molecule has 2 aromatic heterocycles. The zero-order chi connectivity index (χ0) is 18.3. The first kappa shape index (κ1) is 16.8. The van der Waals surface area contributed by atoms with Crippen LogP contribution in [0.3, 0.4) is 0 Å². The van der Waals surface area contributed by atoms with Crippen molar-refractivity contribution in [2.24, 2.45) is 0 Å². The molecule has 1 aliphatic rings. The maximum Gasteiger partial charge on any atom is 0.347 e. The standard InChI is InChI=1S/C19H15N3O2S2/c1-11-17(19(23)24)26-18(21-11)12-2-3-15(14(8-12)9-20)22-6-4-16-13(10-22)5-7-25-16/h2-3,5,7-8H,4,6,10H2,1H3,(H,23,24). The van der Waals surface area contributed by atoms with Gasteiger partial charge in [0.2, 0.25) is 0 Å². The number of carbonyl (C=O) groups is 1. The van der Waals surface area contributed by atoms with Gasteiger partial charge in [-0.2, -0.15) is 5.26 Å². The molecule has 130 valence electrons. The van der Waals surface area contributed by atoms with Crippen LogP contribution in [0.5, 0.6) is 0 Å². The van der Waals surface area contributed by atoms with Crippen molar-refractivity contribution in [3.63, 3.8) is 0 Å². The molecule has 5 nitrogen and oxygen atoms in total. The van der Waals surface area contributed by atoms with Gasteiger partial charge >= 0.3 is 5.97 Å². The van der Waals surface area contributed by atoms with E-state index in [4.69, 9.17) is 0 Å². The highest BCUT2D eigenvalue weighted by molar-refractivity contribution is 7.17. The predicted molar refractivity (Wildman–Crippen MR) is 103 cm³/mol. The SMILES string of the molecule is Cc1nc(-c2ccc(N3CCc4sccc4C3)c(C#N)c2)sc1C(=O)O. The molecule has 0 radical (unpaired) electrons. The normalized spacial score (nSPS) is 13.3. The second-order valence-corrected chi connectivity index (χ2v) is 8.12. The minimum atomic E-state index is -0.969. The highest BCUT2D eigenvalue weighted by Crippen LogP contribution is 2.34. The van der Waals surface area contributed by atoms with E-state index in [9.17, 15) is 15.2 Å². The number of hydrogen-bond donors (Lipinski definition) is 1. The molecule has 3 heterocycles. The number of benzene rings is 1. The lowest BCUT2D eigenvalue weighted by Crippen LogP contribution is -2.29. The fourth-order valence-electron chi connectivity index (χ4n) is 3.21. The molecule has 4 rings (SSSR count). The summed E-state index contributed by atoms with van der Waals surface area (Å²) in [5.74, 6) is -0.969. The maximum atomic E-state index is 11.2. The van der Waals surface area contributed by atoms with Crippen molar-refractivity contribution in [2.45, 2.75) is 19.9 Å². The number of rotatable bonds is 3. The number of thiophene rings is 1. The number of nitriles is 1. The predicted octanol–water partition coefficient (Wildman–Crippen LogP) is 4.31. The van der Waals surface area contributed by atoms with Crippen molar-refractivity contribution >= 4 is 34.3 Å². The van der Waals surface area contributed by atoms with Crippen LogP contribution in [-0.4, -0.2) is 22.6 Å². The molecule has 0 saturated carbocycles. The molecule has 3 aromatic rings. The Bertz CT molecular complexity index is 1050. The minimum Gasteiger partial charge on any atom is -0.477 e. The van der Waals surface area contributed by atoms with Crippen LogP contribution in [0.4, 0.5) is 5.69 Å². The molecule has 0 fully saturated rings. The molecule has 0 spiro atoms. The molecule has 0 atom stereocenters. The largest absolute Gasteiger partial charge is 0.477 e. The number of hydrogen-bond acceptors (Lipinski definition) is 6. The first-order valence-corrected chi connectivity index (χ1v) is 9.82. The molecular weight excluding hydrogens is 366 g/mol. The summed E-state index contributed by atoms with van der Waals surface area (Å²) in [6.07, 6.45) is 0.993. The van der Waals surface area contributed by atoms with Gasteiger partial charge in [-0.05, 0) is 48.6 Å². The third-order valence-electron chi connectivity index (χ3n) is 4.50. The van der Waals surface area contributed by atoms with Crippen molar-refractivity contribution in [1.82, 2.24) is 4.98 Å². The molecule has 1 N–H and O–H groups in total. The average molecular weight is 381 g/mol. The first-order chi connectivity index (χ1) is 12.6. The number of anilines is 1. The summed E-state index contributed by atoms with van der Waals surface area (Å²) in [6, 6.07) is 10.1. The number of aromatic carboxylic acids is 1. The lowest BCUT2D eigenvalue weighted by Gasteiger charge is -2.29. The Morgan fingerprint density at radius 1 is 1.38 bits per heavy atom. The zero-order valence-electron chi connectivity index (χ0n) is 14.0. The van der Waals surface area contributed by atoms with E-state index < -0.39 is 5.97 Å². The summed E-state index contributed by atoms with van der Waals surface area (Å²) < 4.78 is 0. The van der Waals surface area contributed by atoms with E-state index in [1.165, 1.54) is 10.4 Å². The second-order valence-electron chi connectivity index (χ2n) is 6.12. The Morgan fingerprint density at radius 2 is 2.23 bits per heavy atom. The van der Waals surface area contributed by atoms with Gasteiger partial charge in [-0.15, -0.1) is 22.7 Å². The third-order valence-corrected chi connectivity index (χ3v) is 6.72. The van der Waals surface area contributed by atoms with Gasteiger partial charge in [0, 0.05) is 23.5 Å². The summed E-state index contributed by atoms with van der Waals surface area (Å²) in [4.78, 5) is 19.5. The summed E-state index contributed by atoms with van der Waals surface area (Å²) in [6.45, 7) is 3.39. The number of aromatic nitrogens is 1. The van der Waals surface area contributed by atoms with Crippen molar-refractivity contribution in [2.75, 3.05) is 11.4 Å². The Kier molecular flexibility index (Phi) is 4.23. The van der Waals surface area contributed by atoms with E-state index in [0.717, 1.165) is 42.1 Å². The fraction of sp³-hybridized carbons (Fsp3) is 0.211. The number of aryl methyl sites for hydroxylation is 1. The van der Waals surface area contributed by atoms with E-state index in [1.54, 1.807) is 18.3 Å². The average Bonchev–Trinajstić information content (AvgIpc) is 3.26. The van der Waals surface area contributed by atoms with Gasteiger partial charge < -0.3 is 10.0 Å². The lowest BCUT2D eigenvalue weighted by molar-refractivity contribution is 0.0701. The summed E-state index contributed by atoms with van der Waals surface area (Å²) in [5, 5.41) is 21.6. The zero-order valence-corrected chi connectivity index (χ0v) is 15.7. The number of carboxylic acids is 1. The number of thiazole rings is 1. The van der Waals surface area contributed by atoms with E-state index >= 15 is 0 Å². The van der Waals surface area contributed by atoms with Crippen LogP contribution in [0.15, 0.2) is 29.6 Å². The summed E-state index contributed by atoms with van der Waals surface area (Å²) >= 11 is 2.93. The van der Waals surface area contributed by atoms with Crippen LogP contribution >= 0.6 is 22.7 Å². The molecule has 0 saturated heterocycles. The van der Waals surface area contributed by atoms with Crippen LogP contribution in [0.2, 0.25) is 0 Å². The number of carboxylic acid groups (broad SMARTS) is 1. The van der Waals surface area contributed by atoms with E-state index in [2.05, 4.69) is 27.4 Å². The van der Waals surface area contributed by atoms with Crippen LogP contribution in [0.1, 0.15) is 31.4 Å². The van der Waals surface area contributed by atoms with Crippen LogP contribution in [-0.2, 0) is 13.0 Å². The number of nitrogens with zero attached hydrogens (tertiary/aromatic N) is 3. The Labute approximate surface area is 158 Å². The van der Waals surface area contributed by atoms with E-state index in [1.807, 2.05) is 18.2 Å². The first-order valence-electron chi connectivity index (χ1n) is 8.12. The van der Waals surface area contributed by atoms with Gasteiger partial charge in [0.1, 0.15) is 16.0 Å². The van der Waals surface area contributed by atoms with Crippen molar-refractivity contribution in [3.8, 4) is 16.6 Å². The molecule has 7 heteroatoms. The molecule has 0 bridgehead atoms. The van der Waals surface area contributed by atoms with E-state index in [0.29, 0.717) is 16.3 Å². The molecule has 1 aromatic carbocycles. The lowest BCUT2D eigenvalue weighted by atomic mass is 10.0. The van der Waals surface area contributed by atoms with Crippen molar-refractivity contribution in [3.05, 3.63) is 56.2 Å². The smallest absolute Gasteiger partial charge is 0.347 e. The van der Waals surface area contributed by atoms with Gasteiger partial charge in [-0.3, -0.25) is 0 Å². The molecule has 0 amide bonds. The van der Waals surface area contributed by atoms with Gasteiger partial charge in [-0.25, -0.2) is 9.78 Å². The Balaban J connectivity index is 1.68. The summed E-state index contributed by atoms with van der Waals surface area (Å²) in [7, 11) is 0. The van der Waals surface area contributed by atoms with Gasteiger partial charge in [0.25, 0.3) is 0 Å². The molecule has 0 unspecified atom stereocenters. The fourth-order valence-corrected chi connectivity index (χ4v) is 5.00. The quantitative estimate of drug-likeness (QED) is 0.731. The van der Waals surface area contributed by atoms with Gasteiger partial charge in [-0.1, -0.05) is 0 Å². The van der Waals surface area contributed by atoms with Crippen LogP contribution in [0, 0.1) is 18.3 Å². The second kappa shape index (κ2) is 6.56. The topological polar surface area (TPSA) is 77.2 Å². The van der Waals surface area contributed by atoms with E-state index in [-0.39, 0.29) is 4.88 Å². The summed E-state index contributed by atoms with van der Waals surface area (Å²) in [5.41, 5.74) is 4.11.